The van der Waals surface area contributed by atoms with E-state index in [0.29, 0.717) is 25.1 Å². The molecule has 51 heavy (non-hydrogen) atoms. The van der Waals surface area contributed by atoms with E-state index in [4.69, 9.17) is 4.74 Å². The molecule has 0 N–H and O–H groups in total. The third-order valence-corrected chi connectivity index (χ3v) is 10.2. The standard InChI is InChI=1S/C46H37N3O2/c1-32-39-26-27-49(45(50)37-18-10-5-11-19-37)46(31-47,28-34-22-24-38(25-23-34)51-30-36-16-8-4-9-17-36)43(39)33(2)42-40-20-12-13-21-41(40)48(44(32)42)29-35-14-6-3-7-15-35/h3-27H,28-30H2,1-2H3. The van der Waals surface area contributed by atoms with Crippen LogP contribution in [0.25, 0.3) is 27.9 Å². The lowest BCUT2D eigenvalue weighted by Crippen LogP contribution is -2.49. The second-order valence-corrected chi connectivity index (χ2v) is 13.3. The molecule has 7 aromatic rings. The monoisotopic (exact) mass is 663 g/mol. The Balaban J connectivity index is 1.30. The Labute approximate surface area is 298 Å². The molecular weight excluding hydrogens is 627 g/mol. The van der Waals surface area contributed by atoms with E-state index in [2.05, 4.69) is 73.0 Å². The molecular formula is C46H37N3O2. The van der Waals surface area contributed by atoms with Crippen molar-refractivity contribution >= 4 is 33.8 Å². The van der Waals surface area contributed by atoms with E-state index < -0.39 is 5.54 Å². The van der Waals surface area contributed by atoms with Crippen LogP contribution in [0.4, 0.5) is 0 Å². The van der Waals surface area contributed by atoms with Gasteiger partial charge in [0.25, 0.3) is 5.91 Å². The number of para-hydroxylation sites is 1. The number of carbonyl (C=O) groups excluding carboxylic acids is 1. The average Bonchev–Trinajstić information content (AvgIpc) is 3.51. The minimum atomic E-state index is -1.32. The third kappa shape index (κ3) is 5.56. The Morgan fingerprint density at radius 2 is 1.35 bits per heavy atom. The van der Waals surface area contributed by atoms with Gasteiger partial charge in [0.1, 0.15) is 12.4 Å². The van der Waals surface area contributed by atoms with E-state index in [1.165, 1.54) is 5.56 Å². The summed E-state index contributed by atoms with van der Waals surface area (Å²) in [5.41, 5.74) is 8.68. The summed E-state index contributed by atoms with van der Waals surface area (Å²) in [5, 5.41) is 13.7. The maximum atomic E-state index is 14.4. The number of nitriles is 1. The second kappa shape index (κ2) is 13.2. The van der Waals surface area contributed by atoms with Crippen molar-refractivity contribution in [2.45, 2.75) is 39.0 Å². The van der Waals surface area contributed by atoms with E-state index >= 15 is 0 Å². The van der Waals surface area contributed by atoms with Crippen molar-refractivity contribution in [2.75, 3.05) is 0 Å². The first-order chi connectivity index (χ1) is 25.0. The molecule has 5 nitrogen and oxygen atoms in total. The summed E-state index contributed by atoms with van der Waals surface area (Å²) in [6.07, 6.45) is 4.14. The Kier molecular flexibility index (Phi) is 8.22. The van der Waals surface area contributed by atoms with Gasteiger partial charge in [-0.2, -0.15) is 5.26 Å². The fraction of sp³-hybridized carbons (Fsp3) is 0.130. The summed E-state index contributed by atoms with van der Waals surface area (Å²) in [6.45, 7) is 5.46. The van der Waals surface area contributed by atoms with Gasteiger partial charge in [0.15, 0.2) is 5.54 Å². The van der Waals surface area contributed by atoms with Crippen LogP contribution in [0.2, 0.25) is 0 Å². The van der Waals surface area contributed by atoms with E-state index in [-0.39, 0.29) is 5.91 Å². The molecule has 0 spiro atoms. The van der Waals surface area contributed by atoms with Crippen LogP contribution in [0.3, 0.4) is 0 Å². The highest BCUT2D eigenvalue weighted by atomic mass is 16.5. The first-order valence-electron chi connectivity index (χ1n) is 17.3. The van der Waals surface area contributed by atoms with Gasteiger partial charge in [-0.25, -0.2) is 0 Å². The van der Waals surface area contributed by atoms with Gasteiger partial charge in [0.05, 0.1) is 11.6 Å². The zero-order valence-corrected chi connectivity index (χ0v) is 28.7. The first-order valence-corrected chi connectivity index (χ1v) is 17.3. The molecule has 6 aromatic carbocycles. The van der Waals surface area contributed by atoms with Crippen molar-refractivity contribution in [3.05, 3.63) is 190 Å². The highest BCUT2D eigenvalue weighted by Crippen LogP contribution is 2.47. The van der Waals surface area contributed by atoms with Gasteiger partial charge in [0, 0.05) is 46.6 Å². The van der Waals surface area contributed by atoms with Gasteiger partial charge in [0.2, 0.25) is 0 Å². The minimum Gasteiger partial charge on any atom is -0.489 e. The molecule has 0 bridgehead atoms. The van der Waals surface area contributed by atoms with Crippen molar-refractivity contribution < 1.29 is 9.53 Å². The molecule has 248 valence electrons. The lowest BCUT2D eigenvalue weighted by atomic mass is 9.74. The number of amides is 1. The summed E-state index contributed by atoms with van der Waals surface area (Å²) in [5.74, 6) is 0.528. The number of benzene rings is 6. The van der Waals surface area contributed by atoms with Crippen LogP contribution < -0.4 is 4.74 Å². The molecule has 0 saturated carbocycles. The van der Waals surface area contributed by atoms with E-state index in [1.807, 2.05) is 103 Å². The average molecular weight is 664 g/mol. The lowest BCUT2D eigenvalue weighted by Gasteiger charge is -2.42. The van der Waals surface area contributed by atoms with Crippen LogP contribution in [-0.2, 0) is 25.1 Å². The van der Waals surface area contributed by atoms with Crippen LogP contribution in [-0.4, -0.2) is 15.4 Å². The van der Waals surface area contributed by atoms with E-state index in [1.54, 1.807) is 4.90 Å². The van der Waals surface area contributed by atoms with Crippen molar-refractivity contribution in [2.24, 2.45) is 0 Å². The van der Waals surface area contributed by atoms with E-state index in [9.17, 15) is 10.1 Å². The van der Waals surface area contributed by atoms with Gasteiger partial charge in [-0.15, -0.1) is 0 Å². The summed E-state index contributed by atoms with van der Waals surface area (Å²) in [7, 11) is 0. The molecule has 0 radical (unpaired) electrons. The number of hydrogen-bond acceptors (Lipinski definition) is 3. The second-order valence-electron chi connectivity index (χ2n) is 13.3. The maximum Gasteiger partial charge on any atom is 0.259 e. The smallest absolute Gasteiger partial charge is 0.259 e. The third-order valence-electron chi connectivity index (χ3n) is 10.2. The molecule has 1 aliphatic heterocycles. The van der Waals surface area contributed by atoms with E-state index in [0.717, 1.165) is 60.9 Å². The largest absolute Gasteiger partial charge is 0.489 e. The van der Waals surface area contributed by atoms with Crippen molar-refractivity contribution in [1.29, 1.82) is 5.26 Å². The SMILES string of the molecule is Cc1c2c(c(C)c3c1c1ccccc1n3Cc1ccccc1)C=CN(C(=O)c1ccccc1)C2(C#N)Cc1ccc(OCc2ccccc2)cc1. The number of nitrogens with zero attached hydrogens (tertiary/aromatic N) is 3. The number of aromatic nitrogens is 1. The van der Waals surface area contributed by atoms with Gasteiger partial charge >= 0.3 is 0 Å². The zero-order chi connectivity index (χ0) is 35.0. The number of ether oxygens (including phenoxy) is 1. The van der Waals surface area contributed by atoms with Crippen LogP contribution in [0, 0.1) is 25.2 Å². The summed E-state index contributed by atoms with van der Waals surface area (Å²) in [6, 6.07) is 49.0. The van der Waals surface area contributed by atoms with Gasteiger partial charge in [-0.05, 0) is 83.6 Å². The van der Waals surface area contributed by atoms with Gasteiger partial charge in [-0.1, -0.05) is 109 Å². The molecule has 2 heterocycles. The Morgan fingerprint density at radius 1 is 0.725 bits per heavy atom. The zero-order valence-electron chi connectivity index (χ0n) is 28.7. The predicted molar refractivity (Wildman–Crippen MR) is 204 cm³/mol. The summed E-state index contributed by atoms with van der Waals surface area (Å²) >= 11 is 0. The minimum absolute atomic E-state index is 0.217. The Hall–Kier alpha value is -6.38. The maximum absolute atomic E-state index is 14.4. The normalized spacial score (nSPS) is 15.1. The Bertz CT molecular complexity index is 2460. The molecule has 0 aliphatic carbocycles. The van der Waals surface area contributed by atoms with Crippen LogP contribution in [0.5, 0.6) is 5.75 Å². The number of rotatable bonds is 8. The van der Waals surface area contributed by atoms with Gasteiger partial charge < -0.3 is 9.30 Å². The topological polar surface area (TPSA) is 58.3 Å². The summed E-state index contributed by atoms with van der Waals surface area (Å²) in [4.78, 5) is 16.1. The molecule has 5 heteroatoms. The van der Waals surface area contributed by atoms with Crippen LogP contribution in [0.15, 0.2) is 146 Å². The lowest BCUT2D eigenvalue weighted by molar-refractivity contribution is 0.0696. The van der Waals surface area contributed by atoms with Crippen molar-refractivity contribution in [1.82, 2.24) is 9.47 Å². The molecule has 1 unspecified atom stereocenters. The quantitative estimate of drug-likeness (QED) is 0.163. The molecule has 8 rings (SSSR count). The summed E-state index contributed by atoms with van der Waals surface area (Å²) < 4.78 is 8.49. The molecule has 1 atom stereocenters. The molecule has 1 amide bonds. The van der Waals surface area contributed by atoms with Gasteiger partial charge in [-0.3, -0.25) is 9.69 Å². The number of carbonyl (C=O) groups is 1. The molecule has 1 aliphatic rings. The first kappa shape index (κ1) is 31.9. The number of hydrogen-bond donors (Lipinski definition) is 0. The van der Waals surface area contributed by atoms with Crippen molar-refractivity contribution in [3.63, 3.8) is 0 Å². The molecule has 0 saturated heterocycles. The van der Waals surface area contributed by atoms with Crippen molar-refractivity contribution in [3.8, 4) is 11.8 Å². The number of fused-ring (bicyclic) bond motifs is 4. The number of aryl methyl sites for hydroxylation is 2. The Morgan fingerprint density at radius 3 is 2.04 bits per heavy atom. The fourth-order valence-electron chi connectivity index (χ4n) is 7.81. The highest BCUT2D eigenvalue weighted by Gasteiger charge is 2.47. The molecule has 1 aromatic heterocycles. The predicted octanol–water partition coefficient (Wildman–Crippen LogP) is 10.1. The molecule has 0 fully saturated rings. The van der Waals surface area contributed by atoms with Crippen LogP contribution in [0.1, 0.15) is 49.3 Å². The fourth-order valence-corrected chi connectivity index (χ4v) is 7.81. The van der Waals surface area contributed by atoms with Crippen LogP contribution >= 0.6 is 0 Å². The highest BCUT2D eigenvalue weighted by molar-refractivity contribution is 6.12.